The minimum absolute atomic E-state index is 0.0211. The van der Waals surface area contributed by atoms with Crippen LogP contribution in [-0.4, -0.2) is 29.0 Å². The van der Waals surface area contributed by atoms with Crippen LogP contribution >= 0.6 is 0 Å². The van der Waals surface area contributed by atoms with Crippen LogP contribution in [0.1, 0.15) is 67.9 Å². The fourth-order valence-electron chi connectivity index (χ4n) is 9.00. The maximum Gasteiger partial charge on any atom is 0.234 e. The third-order valence-electron chi connectivity index (χ3n) is 9.44. The lowest BCUT2D eigenvalue weighted by Crippen LogP contribution is -2.52. The second kappa shape index (κ2) is 5.39. The molecule has 1 aromatic rings. The number of hydrogen-bond acceptors (Lipinski definition) is 3. The van der Waals surface area contributed by atoms with Gasteiger partial charge in [0.2, 0.25) is 11.8 Å². The molecule has 1 aliphatic heterocycles. The van der Waals surface area contributed by atoms with E-state index >= 15 is 0 Å². The number of carbonyl (C=O) groups excluding carboxylic acids is 3. The molecule has 4 nitrogen and oxygen atoms in total. The summed E-state index contributed by atoms with van der Waals surface area (Å²) in [5.74, 6) is 1.28. The third-order valence-corrected chi connectivity index (χ3v) is 9.44. The fourth-order valence-corrected chi connectivity index (χ4v) is 9.00. The van der Waals surface area contributed by atoms with E-state index in [1.165, 1.54) is 38.5 Å². The van der Waals surface area contributed by atoms with Gasteiger partial charge in [0.05, 0.1) is 17.8 Å². The van der Waals surface area contributed by atoms with E-state index in [0.29, 0.717) is 13.0 Å². The van der Waals surface area contributed by atoms with Gasteiger partial charge in [-0.05, 0) is 72.8 Å². The number of likely N-dealkylation sites (tertiary alicyclic amines) is 1. The summed E-state index contributed by atoms with van der Waals surface area (Å²) < 4.78 is 0. The number of imide groups is 1. The standard InChI is InChI=1S/C25H27NO3/c27-19-8-18-16-3-1-2-4-17(16)20(19)22-21(18)23(28)26(24(22)29)12-25-9-13-5-14(10-25)7-15(6-13)11-25/h1-4,13-15,18,20-22H,5-12H2/t13?,14?,15?,18-,20+,21+,22+,25?/m0/s1. The lowest BCUT2D eigenvalue weighted by molar-refractivity contribution is -0.146. The maximum atomic E-state index is 13.6. The van der Waals surface area contributed by atoms with Gasteiger partial charge in [0.1, 0.15) is 5.78 Å². The average Bonchev–Trinajstić information content (AvgIpc) is 2.93. The van der Waals surface area contributed by atoms with Gasteiger partial charge in [-0.2, -0.15) is 0 Å². The first-order valence-electron chi connectivity index (χ1n) is 11.5. The fraction of sp³-hybridized carbons (Fsp3) is 0.640. The highest BCUT2D eigenvalue weighted by Crippen LogP contribution is 2.62. The molecular formula is C25H27NO3. The summed E-state index contributed by atoms with van der Waals surface area (Å²) in [4.78, 5) is 41.6. The van der Waals surface area contributed by atoms with E-state index in [4.69, 9.17) is 0 Å². The van der Waals surface area contributed by atoms with Gasteiger partial charge in [-0.15, -0.1) is 0 Å². The number of amides is 2. The monoisotopic (exact) mass is 389 g/mol. The van der Waals surface area contributed by atoms with Crippen molar-refractivity contribution in [2.24, 2.45) is 35.0 Å². The third kappa shape index (κ3) is 2.08. The Morgan fingerprint density at radius 2 is 1.41 bits per heavy atom. The molecule has 6 fully saturated rings. The summed E-state index contributed by atoms with van der Waals surface area (Å²) in [5.41, 5.74) is 2.30. The van der Waals surface area contributed by atoms with Gasteiger partial charge in [0, 0.05) is 18.9 Å². The predicted molar refractivity (Wildman–Crippen MR) is 106 cm³/mol. The largest absolute Gasteiger partial charge is 0.299 e. The Kier molecular flexibility index (Phi) is 3.12. The lowest BCUT2D eigenvalue weighted by Gasteiger charge is -2.57. The van der Waals surface area contributed by atoms with Crippen LogP contribution in [0.3, 0.4) is 0 Å². The number of carbonyl (C=O) groups is 3. The van der Waals surface area contributed by atoms with Crippen molar-refractivity contribution in [1.29, 1.82) is 0 Å². The average molecular weight is 389 g/mol. The van der Waals surface area contributed by atoms with Crippen molar-refractivity contribution in [3.05, 3.63) is 35.4 Å². The Morgan fingerprint density at radius 1 is 0.828 bits per heavy atom. The van der Waals surface area contributed by atoms with Crippen LogP contribution in [0.2, 0.25) is 0 Å². The van der Waals surface area contributed by atoms with E-state index in [9.17, 15) is 14.4 Å². The molecule has 0 aromatic heterocycles. The molecule has 4 atom stereocenters. The quantitative estimate of drug-likeness (QED) is 0.726. The number of fused-ring (bicyclic) bond motifs is 1. The molecule has 1 saturated heterocycles. The Balaban J connectivity index is 1.25. The van der Waals surface area contributed by atoms with E-state index in [-0.39, 0.29) is 34.8 Å². The van der Waals surface area contributed by atoms with Crippen molar-refractivity contribution in [3.8, 4) is 0 Å². The lowest BCUT2D eigenvalue weighted by atomic mass is 9.49. The summed E-state index contributed by atoms with van der Waals surface area (Å²) in [6, 6.07) is 8.01. The van der Waals surface area contributed by atoms with E-state index < -0.39 is 11.8 Å². The van der Waals surface area contributed by atoms with Crippen molar-refractivity contribution in [1.82, 2.24) is 4.90 Å². The number of nitrogens with zero attached hydrogens (tertiary/aromatic N) is 1. The molecule has 1 aromatic carbocycles. The first-order valence-corrected chi connectivity index (χ1v) is 11.5. The summed E-state index contributed by atoms with van der Waals surface area (Å²) in [6.45, 7) is 0.616. The van der Waals surface area contributed by atoms with Gasteiger partial charge in [0.25, 0.3) is 0 Å². The first-order chi connectivity index (χ1) is 14.0. The van der Waals surface area contributed by atoms with Gasteiger partial charge in [-0.25, -0.2) is 0 Å². The molecule has 2 amide bonds. The molecule has 6 bridgehead atoms. The van der Waals surface area contributed by atoms with Crippen LogP contribution in [0.4, 0.5) is 0 Å². The van der Waals surface area contributed by atoms with Gasteiger partial charge < -0.3 is 0 Å². The maximum absolute atomic E-state index is 13.6. The molecule has 5 saturated carbocycles. The highest BCUT2D eigenvalue weighted by Gasteiger charge is 2.63. The van der Waals surface area contributed by atoms with Crippen molar-refractivity contribution < 1.29 is 14.4 Å². The smallest absolute Gasteiger partial charge is 0.234 e. The molecule has 0 N–H and O–H groups in total. The van der Waals surface area contributed by atoms with E-state index in [1.54, 1.807) is 4.90 Å². The summed E-state index contributed by atoms with van der Waals surface area (Å²) in [7, 11) is 0. The minimum atomic E-state index is -0.447. The molecule has 4 heteroatoms. The summed E-state index contributed by atoms with van der Waals surface area (Å²) in [6.07, 6.45) is 8.08. The zero-order chi connectivity index (χ0) is 19.5. The molecule has 0 spiro atoms. The zero-order valence-corrected chi connectivity index (χ0v) is 16.7. The highest BCUT2D eigenvalue weighted by atomic mass is 16.2. The molecule has 7 aliphatic carbocycles. The molecular weight excluding hydrogens is 362 g/mol. The van der Waals surface area contributed by atoms with Crippen molar-refractivity contribution in [2.45, 2.75) is 56.8 Å². The van der Waals surface area contributed by atoms with Crippen LogP contribution in [0.25, 0.3) is 0 Å². The molecule has 150 valence electrons. The van der Waals surface area contributed by atoms with Crippen LogP contribution in [0.5, 0.6) is 0 Å². The molecule has 0 unspecified atom stereocenters. The molecule has 1 heterocycles. The number of benzene rings is 1. The van der Waals surface area contributed by atoms with Crippen LogP contribution < -0.4 is 0 Å². The van der Waals surface area contributed by atoms with Crippen LogP contribution in [-0.2, 0) is 14.4 Å². The number of rotatable bonds is 2. The van der Waals surface area contributed by atoms with Crippen molar-refractivity contribution in [3.63, 3.8) is 0 Å². The second-order valence-corrected chi connectivity index (χ2v) is 11.1. The Labute approximate surface area is 171 Å². The molecule has 9 rings (SSSR count). The minimum Gasteiger partial charge on any atom is -0.299 e. The van der Waals surface area contributed by atoms with Gasteiger partial charge >= 0.3 is 0 Å². The van der Waals surface area contributed by atoms with E-state index in [1.807, 2.05) is 18.2 Å². The molecule has 0 radical (unpaired) electrons. The van der Waals surface area contributed by atoms with Crippen LogP contribution in [0, 0.1) is 35.0 Å². The molecule has 8 aliphatic rings. The Morgan fingerprint density at radius 3 is 2.07 bits per heavy atom. The highest BCUT2D eigenvalue weighted by molar-refractivity contribution is 6.11. The number of hydrogen-bond donors (Lipinski definition) is 0. The normalized spacial score (nSPS) is 46.4. The zero-order valence-electron chi connectivity index (χ0n) is 16.7. The van der Waals surface area contributed by atoms with E-state index in [0.717, 1.165) is 28.9 Å². The van der Waals surface area contributed by atoms with Crippen molar-refractivity contribution >= 4 is 17.6 Å². The SMILES string of the molecule is O=C1C[C@H]2c3ccccc3[C@H]1[C@H]1C(=O)N(CC34CC5CC(CC(C5)C3)C4)C(=O)[C@@H]12. The van der Waals surface area contributed by atoms with Crippen LogP contribution in [0.15, 0.2) is 24.3 Å². The molecule has 29 heavy (non-hydrogen) atoms. The second-order valence-electron chi connectivity index (χ2n) is 11.1. The van der Waals surface area contributed by atoms with E-state index in [2.05, 4.69) is 6.07 Å². The predicted octanol–water partition coefficient (Wildman–Crippen LogP) is 3.66. The van der Waals surface area contributed by atoms with Gasteiger partial charge in [0.15, 0.2) is 0 Å². The Bertz CT molecular complexity index is 929. The summed E-state index contributed by atoms with van der Waals surface area (Å²) in [5, 5.41) is 0. The number of Topliss-reactive ketones (excluding diaryl/α,β-unsaturated/α-hetero) is 1. The summed E-state index contributed by atoms with van der Waals surface area (Å²) >= 11 is 0. The van der Waals surface area contributed by atoms with Crippen molar-refractivity contribution in [2.75, 3.05) is 6.54 Å². The topological polar surface area (TPSA) is 54.5 Å². The first kappa shape index (κ1) is 16.8. The van der Waals surface area contributed by atoms with Gasteiger partial charge in [-0.3, -0.25) is 19.3 Å². The Hall–Kier alpha value is -1.97. The van der Waals surface area contributed by atoms with Gasteiger partial charge in [-0.1, -0.05) is 24.3 Å². The number of ketones is 1.